The minimum atomic E-state index is -1.62. The summed E-state index contributed by atoms with van der Waals surface area (Å²) in [7, 11) is 0. The fourth-order valence-electron chi connectivity index (χ4n) is 5.23. The van der Waals surface area contributed by atoms with Gasteiger partial charge in [0, 0.05) is 22.5 Å². The number of amides is 1. The lowest BCUT2D eigenvalue weighted by Crippen LogP contribution is -2.53. The summed E-state index contributed by atoms with van der Waals surface area (Å²) in [4.78, 5) is 25.4. The van der Waals surface area contributed by atoms with Gasteiger partial charge < -0.3 is 21.5 Å². The normalized spacial score (nSPS) is 27.1. The number of halogens is 4. The SMILES string of the molecule is CC(C)(C)C[C@@H]1N[C@@H](C(=O)NC2(C(=O)O)CC2)[C@H](c2cccc(Cl)c2F)[C@@]1(N)c1ccc(Cl)cc1F. The molecule has 2 fully saturated rings. The highest BCUT2D eigenvalue weighted by Gasteiger charge is 2.60. The average Bonchev–Trinajstić information content (AvgIpc) is 3.49. The van der Waals surface area contributed by atoms with E-state index in [0.29, 0.717) is 6.42 Å². The summed E-state index contributed by atoms with van der Waals surface area (Å²) in [5.74, 6) is -4.39. The summed E-state index contributed by atoms with van der Waals surface area (Å²) in [6, 6.07) is 6.58. The number of nitrogens with one attached hydrogen (secondary N) is 2. The second-order valence-electron chi connectivity index (χ2n) is 11.0. The van der Waals surface area contributed by atoms with Crippen LogP contribution in [-0.2, 0) is 15.1 Å². The molecule has 5 N–H and O–H groups in total. The number of carbonyl (C=O) groups excluding carboxylic acids is 1. The molecule has 1 amide bonds. The van der Waals surface area contributed by atoms with Crippen molar-refractivity contribution < 1.29 is 23.5 Å². The first-order valence-electron chi connectivity index (χ1n) is 11.7. The lowest BCUT2D eigenvalue weighted by Gasteiger charge is -2.40. The smallest absolute Gasteiger partial charge is 0.329 e. The third-order valence-electron chi connectivity index (χ3n) is 7.14. The largest absolute Gasteiger partial charge is 0.480 e. The Balaban J connectivity index is 1.92. The summed E-state index contributed by atoms with van der Waals surface area (Å²) in [5.41, 5.74) is 3.89. The minimum absolute atomic E-state index is 0.0311. The van der Waals surface area contributed by atoms with Crippen molar-refractivity contribution in [1.82, 2.24) is 10.6 Å². The third-order valence-corrected chi connectivity index (χ3v) is 7.67. The monoisotopic (exact) mass is 539 g/mol. The van der Waals surface area contributed by atoms with Crippen LogP contribution in [0.1, 0.15) is 57.1 Å². The second-order valence-corrected chi connectivity index (χ2v) is 11.9. The summed E-state index contributed by atoms with van der Waals surface area (Å²) in [5, 5.41) is 15.4. The molecular weight excluding hydrogens is 511 g/mol. The van der Waals surface area contributed by atoms with E-state index in [9.17, 15) is 14.7 Å². The van der Waals surface area contributed by atoms with E-state index in [4.69, 9.17) is 28.9 Å². The topological polar surface area (TPSA) is 104 Å². The van der Waals surface area contributed by atoms with Gasteiger partial charge in [0.1, 0.15) is 17.2 Å². The zero-order valence-electron chi connectivity index (χ0n) is 20.2. The lowest BCUT2D eigenvalue weighted by molar-refractivity contribution is -0.143. The molecule has 0 unspecified atom stereocenters. The molecule has 10 heteroatoms. The van der Waals surface area contributed by atoms with Gasteiger partial charge >= 0.3 is 5.97 Å². The molecule has 6 nitrogen and oxygen atoms in total. The zero-order chi connectivity index (χ0) is 26.6. The van der Waals surface area contributed by atoms with Crippen LogP contribution >= 0.6 is 23.2 Å². The van der Waals surface area contributed by atoms with Crippen LogP contribution in [0.5, 0.6) is 0 Å². The number of carboxylic acid groups (broad SMARTS) is 1. The fraction of sp³-hybridized carbons (Fsp3) is 0.462. The first kappa shape index (κ1) is 26.8. The van der Waals surface area contributed by atoms with E-state index < -0.39 is 52.6 Å². The number of rotatable bonds is 6. The van der Waals surface area contributed by atoms with Crippen LogP contribution in [0.25, 0.3) is 0 Å². The van der Waals surface area contributed by atoms with Crippen LogP contribution in [0.15, 0.2) is 36.4 Å². The van der Waals surface area contributed by atoms with Crippen LogP contribution in [-0.4, -0.2) is 34.6 Å². The Morgan fingerprint density at radius 3 is 2.42 bits per heavy atom. The van der Waals surface area contributed by atoms with Crippen LogP contribution in [0.3, 0.4) is 0 Å². The lowest BCUT2D eigenvalue weighted by atomic mass is 9.68. The molecule has 4 rings (SSSR count). The first-order valence-corrected chi connectivity index (χ1v) is 12.4. The van der Waals surface area contributed by atoms with Crippen molar-refractivity contribution in [3.63, 3.8) is 0 Å². The number of benzene rings is 2. The summed E-state index contributed by atoms with van der Waals surface area (Å²) >= 11 is 12.1. The van der Waals surface area contributed by atoms with Gasteiger partial charge in [-0.3, -0.25) is 4.79 Å². The van der Waals surface area contributed by atoms with Crippen LogP contribution in [0.4, 0.5) is 8.78 Å². The van der Waals surface area contributed by atoms with Gasteiger partial charge in [-0.25, -0.2) is 13.6 Å². The van der Waals surface area contributed by atoms with Crippen molar-refractivity contribution in [3.05, 3.63) is 69.2 Å². The Hall–Kier alpha value is -2.26. The van der Waals surface area contributed by atoms with Gasteiger partial charge in [0.05, 0.1) is 16.6 Å². The highest BCUT2D eigenvalue weighted by Crippen LogP contribution is 2.50. The van der Waals surface area contributed by atoms with Crippen molar-refractivity contribution in [3.8, 4) is 0 Å². The van der Waals surface area contributed by atoms with E-state index in [1.807, 2.05) is 20.8 Å². The van der Waals surface area contributed by atoms with Gasteiger partial charge in [0.25, 0.3) is 0 Å². The Morgan fingerprint density at radius 1 is 1.19 bits per heavy atom. The van der Waals surface area contributed by atoms with E-state index in [0.717, 1.165) is 6.07 Å². The highest BCUT2D eigenvalue weighted by molar-refractivity contribution is 6.31. The summed E-state index contributed by atoms with van der Waals surface area (Å²) in [6.07, 6.45) is 0.960. The molecule has 2 aliphatic rings. The maximum Gasteiger partial charge on any atom is 0.329 e. The van der Waals surface area contributed by atoms with Crippen molar-refractivity contribution >= 4 is 35.1 Å². The van der Waals surface area contributed by atoms with Crippen molar-refractivity contribution in [1.29, 1.82) is 0 Å². The molecule has 0 radical (unpaired) electrons. The van der Waals surface area contributed by atoms with Crippen molar-refractivity contribution in [2.45, 2.75) is 69.1 Å². The quantitative estimate of drug-likeness (QED) is 0.425. The van der Waals surface area contributed by atoms with Gasteiger partial charge in [-0.15, -0.1) is 0 Å². The van der Waals surface area contributed by atoms with Gasteiger partial charge in [-0.05, 0) is 48.4 Å². The van der Waals surface area contributed by atoms with Crippen molar-refractivity contribution in [2.75, 3.05) is 0 Å². The van der Waals surface area contributed by atoms with E-state index in [1.54, 1.807) is 0 Å². The number of carboxylic acids is 1. The molecule has 1 saturated carbocycles. The molecule has 1 aliphatic heterocycles. The van der Waals surface area contributed by atoms with Crippen LogP contribution < -0.4 is 16.4 Å². The van der Waals surface area contributed by atoms with E-state index >= 15 is 8.78 Å². The maximum absolute atomic E-state index is 15.5. The molecule has 0 spiro atoms. The standard InChI is InChI=1S/C26H29Cl2F2N3O3/c1-24(2,3)12-18-26(31,15-8-7-13(27)11-17(15)29)19(14-5-4-6-16(28)20(14)30)21(32-18)22(34)33-25(9-10-25)23(35)36/h4-8,11,18-19,21,32H,9-10,12,31H2,1-3H3,(H,33,34)(H,35,36)/t18-,19-,21+,26+/m0/s1. The van der Waals surface area contributed by atoms with Gasteiger partial charge in [0.2, 0.25) is 5.91 Å². The summed E-state index contributed by atoms with van der Waals surface area (Å²) in [6.45, 7) is 5.91. The molecule has 0 aromatic heterocycles. The highest BCUT2D eigenvalue weighted by atomic mass is 35.5. The van der Waals surface area contributed by atoms with Gasteiger partial charge in [-0.1, -0.05) is 62.2 Å². The minimum Gasteiger partial charge on any atom is -0.480 e. The Labute approximate surface area is 218 Å². The molecule has 1 heterocycles. The number of hydrogen-bond acceptors (Lipinski definition) is 4. The fourth-order valence-corrected chi connectivity index (χ4v) is 5.58. The predicted molar refractivity (Wildman–Crippen MR) is 134 cm³/mol. The molecule has 2 aromatic carbocycles. The van der Waals surface area contributed by atoms with E-state index in [-0.39, 0.29) is 39.4 Å². The van der Waals surface area contributed by atoms with E-state index in [1.165, 1.54) is 30.3 Å². The molecule has 4 atom stereocenters. The third kappa shape index (κ3) is 4.72. The molecule has 1 aliphatic carbocycles. The van der Waals surface area contributed by atoms with Crippen molar-refractivity contribution in [2.24, 2.45) is 11.1 Å². The molecule has 0 bridgehead atoms. The summed E-state index contributed by atoms with van der Waals surface area (Å²) < 4.78 is 30.9. The number of hydrogen-bond donors (Lipinski definition) is 4. The average molecular weight is 540 g/mol. The first-order chi connectivity index (χ1) is 16.7. The Morgan fingerprint density at radius 2 is 1.86 bits per heavy atom. The number of aliphatic carboxylic acids is 1. The second kappa shape index (κ2) is 9.24. The molecular formula is C26H29Cl2F2N3O3. The predicted octanol–water partition coefficient (Wildman–Crippen LogP) is 4.72. The Bertz CT molecular complexity index is 1220. The molecule has 2 aromatic rings. The molecule has 36 heavy (non-hydrogen) atoms. The van der Waals surface area contributed by atoms with E-state index in [2.05, 4.69) is 10.6 Å². The number of nitrogens with two attached hydrogens (primary N) is 1. The Kier molecular flexibility index (Phi) is 6.88. The number of carbonyl (C=O) groups is 2. The van der Waals surface area contributed by atoms with Crippen LogP contribution in [0.2, 0.25) is 10.0 Å². The van der Waals surface area contributed by atoms with Gasteiger partial charge in [-0.2, -0.15) is 0 Å². The van der Waals surface area contributed by atoms with Gasteiger partial charge in [0.15, 0.2) is 0 Å². The van der Waals surface area contributed by atoms with Crippen LogP contribution in [0, 0.1) is 17.0 Å². The zero-order valence-corrected chi connectivity index (χ0v) is 21.7. The maximum atomic E-state index is 15.5. The molecule has 194 valence electrons. The molecule has 1 saturated heterocycles.